The first-order valence-corrected chi connectivity index (χ1v) is 6.12. The van der Waals surface area contributed by atoms with Crippen molar-refractivity contribution in [1.82, 2.24) is 5.32 Å². The van der Waals surface area contributed by atoms with Crippen LogP contribution in [0.1, 0.15) is 18.1 Å². The van der Waals surface area contributed by atoms with Crippen LogP contribution in [0.5, 0.6) is 0 Å². The molecular formula is C13H22ClN3. The quantitative estimate of drug-likeness (QED) is 0.861. The Labute approximate surface area is 110 Å². The molecule has 3 N–H and O–H groups in total. The zero-order valence-corrected chi connectivity index (χ0v) is 11.2. The molecule has 96 valence electrons. The van der Waals surface area contributed by atoms with Crippen molar-refractivity contribution in [2.24, 2.45) is 5.73 Å². The van der Waals surface area contributed by atoms with Gasteiger partial charge in [0.15, 0.2) is 0 Å². The molecule has 0 aromatic heterocycles. The molecule has 1 fully saturated rings. The second-order valence-electron chi connectivity index (χ2n) is 4.26. The first kappa shape index (κ1) is 14.3. The van der Waals surface area contributed by atoms with Crippen molar-refractivity contribution in [3.05, 3.63) is 29.3 Å². The molecule has 0 saturated carbocycles. The van der Waals surface area contributed by atoms with Crippen molar-refractivity contribution in [1.29, 1.82) is 0 Å². The molecule has 1 aliphatic rings. The summed E-state index contributed by atoms with van der Waals surface area (Å²) in [6, 6.07) is 6.63. The Hall–Kier alpha value is -0.770. The van der Waals surface area contributed by atoms with Crippen LogP contribution in [0.25, 0.3) is 0 Å². The van der Waals surface area contributed by atoms with E-state index in [-0.39, 0.29) is 12.4 Å². The maximum absolute atomic E-state index is 5.68. The minimum Gasteiger partial charge on any atom is -0.369 e. The number of nitrogens with one attached hydrogen (secondary N) is 1. The van der Waals surface area contributed by atoms with Crippen molar-refractivity contribution in [2.45, 2.75) is 19.9 Å². The number of rotatable bonds is 3. The van der Waals surface area contributed by atoms with E-state index in [0.29, 0.717) is 6.54 Å². The van der Waals surface area contributed by atoms with E-state index in [0.717, 1.165) is 32.6 Å². The molecule has 0 atom stereocenters. The number of nitrogens with zero attached hydrogens (tertiary/aromatic N) is 1. The number of piperazine rings is 1. The van der Waals surface area contributed by atoms with Gasteiger partial charge in [-0.25, -0.2) is 0 Å². The molecule has 2 rings (SSSR count). The summed E-state index contributed by atoms with van der Waals surface area (Å²) < 4.78 is 0. The fourth-order valence-electron chi connectivity index (χ4n) is 2.26. The van der Waals surface area contributed by atoms with Gasteiger partial charge in [0.05, 0.1) is 0 Å². The van der Waals surface area contributed by atoms with Crippen LogP contribution in [0.2, 0.25) is 0 Å². The first-order chi connectivity index (χ1) is 7.85. The summed E-state index contributed by atoms with van der Waals surface area (Å²) in [5.41, 5.74) is 9.72. The van der Waals surface area contributed by atoms with E-state index in [1.807, 2.05) is 0 Å². The van der Waals surface area contributed by atoms with Crippen molar-refractivity contribution < 1.29 is 0 Å². The van der Waals surface area contributed by atoms with Gasteiger partial charge in [0.25, 0.3) is 0 Å². The Morgan fingerprint density at radius 3 is 2.59 bits per heavy atom. The van der Waals surface area contributed by atoms with Gasteiger partial charge in [0.1, 0.15) is 0 Å². The maximum atomic E-state index is 5.68. The zero-order chi connectivity index (χ0) is 11.4. The van der Waals surface area contributed by atoms with E-state index in [9.17, 15) is 0 Å². The van der Waals surface area contributed by atoms with Crippen LogP contribution in [0.3, 0.4) is 0 Å². The van der Waals surface area contributed by atoms with E-state index in [2.05, 4.69) is 35.3 Å². The summed E-state index contributed by atoms with van der Waals surface area (Å²) in [4.78, 5) is 2.47. The van der Waals surface area contributed by atoms with Crippen LogP contribution in [-0.2, 0) is 13.0 Å². The van der Waals surface area contributed by atoms with E-state index >= 15 is 0 Å². The summed E-state index contributed by atoms with van der Waals surface area (Å²) >= 11 is 0. The molecule has 3 nitrogen and oxygen atoms in total. The fraction of sp³-hybridized carbons (Fsp3) is 0.538. The number of benzene rings is 1. The SMILES string of the molecule is CCc1cc(CN)ccc1N1CCNCC1.Cl. The number of nitrogens with two attached hydrogens (primary N) is 1. The summed E-state index contributed by atoms with van der Waals surface area (Å²) in [6.45, 7) is 7.23. The third kappa shape index (κ3) is 3.35. The standard InChI is InChI=1S/C13H21N3.ClH/c1-2-12-9-11(10-14)3-4-13(12)16-7-5-15-6-8-16;/h3-4,9,15H,2,5-8,10,14H2,1H3;1H. The van der Waals surface area contributed by atoms with E-state index < -0.39 is 0 Å². The zero-order valence-electron chi connectivity index (χ0n) is 10.4. The van der Waals surface area contributed by atoms with Crippen molar-refractivity contribution in [3.63, 3.8) is 0 Å². The molecule has 0 aliphatic carbocycles. The monoisotopic (exact) mass is 255 g/mol. The van der Waals surface area contributed by atoms with Gasteiger partial charge < -0.3 is 16.0 Å². The topological polar surface area (TPSA) is 41.3 Å². The van der Waals surface area contributed by atoms with E-state index in [4.69, 9.17) is 5.73 Å². The molecule has 1 aliphatic heterocycles. The highest BCUT2D eigenvalue weighted by atomic mass is 35.5. The predicted octanol–water partition coefficient (Wildman–Crippen LogP) is 1.54. The number of aryl methyl sites for hydroxylation is 1. The van der Waals surface area contributed by atoms with Crippen LogP contribution >= 0.6 is 12.4 Å². The Kier molecular flexibility index (Phi) is 5.75. The lowest BCUT2D eigenvalue weighted by Gasteiger charge is -2.31. The van der Waals surface area contributed by atoms with Crippen LogP contribution in [0.4, 0.5) is 5.69 Å². The summed E-state index contributed by atoms with van der Waals surface area (Å²) in [6.07, 6.45) is 1.08. The normalized spacial score (nSPS) is 15.5. The molecule has 1 aromatic carbocycles. The Balaban J connectivity index is 0.00000144. The predicted molar refractivity (Wildman–Crippen MR) is 76.0 cm³/mol. The molecule has 0 radical (unpaired) electrons. The highest BCUT2D eigenvalue weighted by molar-refractivity contribution is 5.85. The lowest BCUT2D eigenvalue weighted by molar-refractivity contribution is 0.588. The smallest absolute Gasteiger partial charge is 0.0399 e. The van der Waals surface area contributed by atoms with Crippen molar-refractivity contribution >= 4 is 18.1 Å². The first-order valence-electron chi connectivity index (χ1n) is 6.12. The molecule has 0 bridgehead atoms. The Morgan fingerprint density at radius 1 is 1.29 bits per heavy atom. The van der Waals surface area contributed by atoms with Crippen molar-refractivity contribution in [3.8, 4) is 0 Å². The van der Waals surface area contributed by atoms with Crippen LogP contribution in [-0.4, -0.2) is 26.2 Å². The Bertz CT molecular complexity index is 349. The second-order valence-corrected chi connectivity index (χ2v) is 4.26. The van der Waals surface area contributed by atoms with E-state index in [1.165, 1.54) is 16.8 Å². The average Bonchev–Trinajstić information content (AvgIpc) is 2.39. The highest BCUT2D eigenvalue weighted by Crippen LogP contribution is 2.23. The molecule has 0 amide bonds. The lowest BCUT2D eigenvalue weighted by atomic mass is 10.0. The van der Waals surface area contributed by atoms with E-state index in [1.54, 1.807) is 0 Å². The molecule has 17 heavy (non-hydrogen) atoms. The molecule has 4 heteroatoms. The maximum Gasteiger partial charge on any atom is 0.0399 e. The van der Waals surface area contributed by atoms with Crippen LogP contribution in [0.15, 0.2) is 18.2 Å². The number of halogens is 1. The molecule has 1 saturated heterocycles. The lowest BCUT2D eigenvalue weighted by Crippen LogP contribution is -2.43. The molecule has 0 spiro atoms. The van der Waals surface area contributed by atoms with Gasteiger partial charge in [-0.1, -0.05) is 19.1 Å². The number of hydrogen-bond acceptors (Lipinski definition) is 3. The van der Waals surface area contributed by atoms with Gasteiger partial charge in [-0.05, 0) is 23.6 Å². The minimum atomic E-state index is 0. The van der Waals surface area contributed by atoms with Crippen molar-refractivity contribution in [2.75, 3.05) is 31.1 Å². The largest absolute Gasteiger partial charge is 0.369 e. The minimum absolute atomic E-state index is 0. The molecular weight excluding hydrogens is 234 g/mol. The summed E-state index contributed by atoms with van der Waals surface area (Å²) in [7, 11) is 0. The molecule has 1 heterocycles. The second kappa shape index (κ2) is 6.84. The molecule has 1 aromatic rings. The van der Waals surface area contributed by atoms with Gasteiger partial charge in [0.2, 0.25) is 0 Å². The third-order valence-electron chi connectivity index (χ3n) is 3.22. The average molecular weight is 256 g/mol. The van der Waals surface area contributed by atoms with Gasteiger partial charge in [-0.15, -0.1) is 12.4 Å². The number of anilines is 1. The van der Waals surface area contributed by atoms with Gasteiger partial charge in [-0.2, -0.15) is 0 Å². The number of hydrogen-bond donors (Lipinski definition) is 2. The van der Waals surface area contributed by atoms with Gasteiger partial charge >= 0.3 is 0 Å². The van der Waals surface area contributed by atoms with Crippen LogP contribution < -0.4 is 16.0 Å². The fourth-order valence-corrected chi connectivity index (χ4v) is 2.26. The van der Waals surface area contributed by atoms with Gasteiger partial charge in [0, 0.05) is 38.4 Å². The van der Waals surface area contributed by atoms with Crippen LogP contribution in [0, 0.1) is 0 Å². The van der Waals surface area contributed by atoms with Gasteiger partial charge in [-0.3, -0.25) is 0 Å². The molecule has 0 unspecified atom stereocenters. The summed E-state index contributed by atoms with van der Waals surface area (Å²) in [5, 5.41) is 3.38. The highest BCUT2D eigenvalue weighted by Gasteiger charge is 2.13. The Morgan fingerprint density at radius 2 is 2.00 bits per heavy atom. The third-order valence-corrected chi connectivity index (χ3v) is 3.22. The summed E-state index contributed by atoms with van der Waals surface area (Å²) in [5.74, 6) is 0.